The molecule has 1 heterocycles. The Bertz CT molecular complexity index is 650. The molecular formula is C17H19BrN2O. The zero-order valence-corrected chi connectivity index (χ0v) is 13.5. The molecular weight excluding hydrogens is 328 g/mol. The number of amides is 1. The van der Waals surface area contributed by atoms with Gasteiger partial charge in [0.2, 0.25) is 5.91 Å². The standard InChI is InChI=1S/C17H19BrN2O/c18-14-10-13-6-3-7-15(17(13)19-11-14)20-16(21)9-8-12-4-1-2-5-12/h3,6-7,10-12H,1-2,4-5,8-9H2,(H,20,21). The zero-order valence-electron chi connectivity index (χ0n) is 11.9. The summed E-state index contributed by atoms with van der Waals surface area (Å²) in [7, 11) is 0. The number of hydrogen-bond acceptors (Lipinski definition) is 2. The van der Waals surface area contributed by atoms with E-state index in [4.69, 9.17) is 0 Å². The number of carbonyl (C=O) groups excluding carboxylic acids is 1. The highest BCUT2D eigenvalue weighted by atomic mass is 79.9. The Hall–Kier alpha value is -1.42. The van der Waals surface area contributed by atoms with Gasteiger partial charge in [-0.05, 0) is 40.4 Å². The van der Waals surface area contributed by atoms with Gasteiger partial charge in [0.05, 0.1) is 11.2 Å². The molecule has 0 bridgehead atoms. The number of para-hydroxylation sites is 1. The molecule has 4 heteroatoms. The Morgan fingerprint density at radius 2 is 2.14 bits per heavy atom. The van der Waals surface area contributed by atoms with Crippen LogP contribution in [0.1, 0.15) is 38.5 Å². The van der Waals surface area contributed by atoms with Gasteiger partial charge in [0.25, 0.3) is 0 Å². The number of anilines is 1. The Kier molecular flexibility index (Phi) is 4.54. The van der Waals surface area contributed by atoms with Crippen molar-refractivity contribution in [1.82, 2.24) is 4.98 Å². The molecule has 1 fully saturated rings. The molecule has 0 spiro atoms. The lowest BCUT2D eigenvalue weighted by Crippen LogP contribution is -2.13. The van der Waals surface area contributed by atoms with Crippen LogP contribution in [0.3, 0.4) is 0 Å². The van der Waals surface area contributed by atoms with Crippen molar-refractivity contribution in [2.45, 2.75) is 38.5 Å². The van der Waals surface area contributed by atoms with Crippen LogP contribution in [0.15, 0.2) is 34.9 Å². The van der Waals surface area contributed by atoms with Crippen LogP contribution in [0.4, 0.5) is 5.69 Å². The number of fused-ring (bicyclic) bond motifs is 1. The van der Waals surface area contributed by atoms with Crippen LogP contribution in [0.2, 0.25) is 0 Å². The van der Waals surface area contributed by atoms with E-state index in [9.17, 15) is 4.79 Å². The van der Waals surface area contributed by atoms with Crippen molar-refractivity contribution in [1.29, 1.82) is 0 Å². The van der Waals surface area contributed by atoms with E-state index in [0.717, 1.165) is 33.4 Å². The first kappa shape index (κ1) is 14.5. The van der Waals surface area contributed by atoms with Gasteiger partial charge in [-0.2, -0.15) is 0 Å². The molecule has 1 aromatic heterocycles. The molecule has 1 amide bonds. The third-order valence-corrected chi connectivity index (χ3v) is 4.64. The first-order valence-corrected chi connectivity index (χ1v) is 8.36. The number of pyridine rings is 1. The van der Waals surface area contributed by atoms with Gasteiger partial charge in [0.1, 0.15) is 0 Å². The molecule has 2 aromatic rings. The average Bonchev–Trinajstić information content (AvgIpc) is 2.98. The molecule has 0 saturated heterocycles. The molecule has 1 aromatic carbocycles. The van der Waals surface area contributed by atoms with Crippen molar-refractivity contribution in [3.05, 3.63) is 34.9 Å². The summed E-state index contributed by atoms with van der Waals surface area (Å²) in [6.07, 6.45) is 8.61. The normalized spacial score (nSPS) is 15.5. The molecule has 1 N–H and O–H groups in total. The van der Waals surface area contributed by atoms with Gasteiger partial charge in [-0.15, -0.1) is 0 Å². The van der Waals surface area contributed by atoms with E-state index < -0.39 is 0 Å². The second kappa shape index (κ2) is 6.56. The highest BCUT2D eigenvalue weighted by molar-refractivity contribution is 9.10. The first-order chi connectivity index (χ1) is 10.2. The summed E-state index contributed by atoms with van der Waals surface area (Å²) in [5.41, 5.74) is 1.64. The largest absolute Gasteiger partial charge is 0.324 e. The highest BCUT2D eigenvalue weighted by Crippen LogP contribution is 2.29. The van der Waals surface area contributed by atoms with Gasteiger partial charge in [-0.25, -0.2) is 0 Å². The number of nitrogens with one attached hydrogen (secondary N) is 1. The summed E-state index contributed by atoms with van der Waals surface area (Å²) >= 11 is 3.42. The first-order valence-electron chi connectivity index (χ1n) is 7.56. The van der Waals surface area contributed by atoms with E-state index in [1.54, 1.807) is 6.20 Å². The van der Waals surface area contributed by atoms with Crippen LogP contribution in [0.25, 0.3) is 10.9 Å². The maximum Gasteiger partial charge on any atom is 0.224 e. The van der Waals surface area contributed by atoms with Crippen LogP contribution in [-0.2, 0) is 4.79 Å². The molecule has 110 valence electrons. The molecule has 0 unspecified atom stereocenters. The minimum atomic E-state index is 0.0964. The van der Waals surface area contributed by atoms with Gasteiger partial charge >= 0.3 is 0 Å². The molecule has 3 nitrogen and oxygen atoms in total. The molecule has 1 saturated carbocycles. The van der Waals surface area contributed by atoms with Crippen molar-refractivity contribution in [2.75, 3.05) is 5.32 Å². The van der Waals surface area contributed by atoms with E-state index in [2.05, 4.69) is 26.2 Å². The van der Waals surface area contributed by atoms with Crippen molar-refractivity contribution in [3.8, 4) is 0 Å². The molecule has 0 aliphatic heterocycles. The van der Waals surface area contributed by atoms with Gasteiger partial charge in [0.15, 0.2) is 0 Å². The van der Waals surface area contributed by atoms with Crippen molar-refractivity contribution >= 4 is 38.4 Å². The third-order valence-electron chi connectivity index (χ3n) is 4.21. The number of halogens is 1. The van der Waals surface area contributed by atoms with E-state index in [1.807, 2.05) is 24.3 Å². The maximum atomic E-state index is 12.1. The second-order valence-corrected chi connectivity index (χ2v) is 6.68. The lowest BCUT2D eigenvalue weighted by molar-refractivity contribution is -0.116. The predicted molar refractivity (Wildman–Crippen MR) is 89.3 cm³/mol. The Morgan fingerprint density at radius 3 is 2.95 bits per heavy atom. The summed E-state index contributed by atoms with van der Waals surface area (Å²) in [5, 5.41) is 4.04. The number of rotatable bonds is 4. The summed E-state index contributed by atoms with van der Waals surface area (Å²) in [4.78, 5) is 16.5. The second-order valence-electron chi connectivity index (χ2n) is 5.77. The zero-order chi connectivity index (χ0) is 14.7. The third kappa shape index (κ3) is 3.62. The number of aromatic nitrogens is 1. The summed E-state index contributed by atoms with van der Waals surface area (Å²) in [6.45, 7) is 0. The van der Waals surface area contributed by atoms with Crippen LogP contribution in [0.5, 0.6) is 0 Å². The van der Waals surface area contributed by atoms with Gasteiger partial charge in [-0.1, -0.05) is 37.8 Å². The molecule has 21 heavy (non-hydrogen) atoms. The average molecular weight is 347 g/mol. The summed E-state index contributed by atoms with van der Waals surface area (Å²) in [5.74, 6) is 0.844. The summed E-state index contributed by atoms with van der Waals surface area (Å²) in [6, 6.07) is 7.87. The van der Waals surface area contributed by atoms with Gasteiger partial charge in [-0.3, -0.25) is 9.78 Å². The summed E-state index contributed by atoms with van der Waals surface area (Å²) < 4.78 is 0.944. The topological polar surface area (TPSA) is 42.0 Å². The quantitative estimate of drug-likeness (QED) is 0.854. The van der Waals surface area contributed by atoms with Crippen LogP contribution < -0.4 is 5.32 Å². The fourth-order valence-electron chi connectivity index (χ4n) is 3.08. The highest BCUT2D eigenvalue weighted by Gasteiger charge is 2.16. The van der Waals surface area contributed by atoms with Crippen LogP contribution in [0, 0.1) is 5.92 Å². The van der Waals surface area contributed by atoms with Crippen LogP contribution in [-0.4, -0.2) is 10.9 Å². The Labute approximate surface area is 133 Å². The maximum absolute atomic E-state index is 12.1. The fourth-order valence-corrected chi connectivity index (χ4v) is 3.43. The number of hydrogen-bond donors (Lipinski definition) is 1. The van der Waals surface area contributed by atoms with Crippen molar-refractivity contribution in [3.63, 3.8) is 0 Å². The Balaban J connectivity index is 1.67. The van der Waals surface area contributed by atoms with Crippen molar-refractivity contribution in [2.24, 2.45) is 5.92 Å². The van der Waals surface area contributed by atoms with E-state index in [-0.39, 0.29) is 5.91 Å². The molecule has 1 aliphatic rings. The van der Waals surface area contributed by atoms with E-state index in [1.165, 1.54) is 25.7 Å². The van der Waals surface area contributed by atoms with Gasteiger partial charge in [0, 0.05) is 22.5 Å². The predicted octanol–water partition coefficient (Wildman–Crippen LogP) is 4.91. The molecule has 0 atom stereocenters. The number of benzene rings is 1. The monoisotopic (exact) mass is 346 g/mol. The smallest absolute Gasteiger partial charge is 0.224 e. The van der Waals surface area contributed by atoms with E-state index in [0.29, 0.717) is 6.42 Å². The molecule has 0 radical (unpaired) electrons. The fraction of sp³-hybridized carbons (Fsp3) is 0.412. The lowest BCUT2D eigenvalue weighted by Gasteiger charge is -2.10. The Morgan fingerprint density at radius 1 is 1.33 bits per heavy atom. The van der Waals surface area contributed by atoms with Crippen molar-refractivity contribution < 1.29 is 4.79 Å². The minimum absolute atomic E-state index is 0.0964. The lowest BCUT2D eigenvalue weighted by atomic mass is 10.0. The van der Waals surface area contributed by atoms with E-state index >= 15 is 0 Å². The number of carbonyl (C=O) groups is 1. The minimum Gasteiger partial charge on any atom is -0.324 e. The SMILES string of the molecule is O=C(CCC1CCCC1)Nc1cccc2cc(Br)cnc12. The molecule has 1 aliphatic carbocycles. The van der Waals surface area contributed by atoms with Gasteiger partial charge < -0.3 is 5.32 Å². The molecule has 3 rings (SSSR count). The van der Waals surface area contributed by atoms with Crippen LogP contribution >= 0.6 is 15.9 Å². The number of nitrogens with zero attached hydrogens (tertiary/aromatic N) is 1.